The van der Waals surface area contributed by atoms with E-state index in [4.69, 9.17) is 15.2 Å². The lowest BCUT2D eigenvalue weighted by atomic mass is 10.0. The molecule has 2 N–H and O–H groups in total. The minimum atomic E-state index is 0.0758. The minimum absolute atomic E-state index is 0.0758. The van der Waals surface area contributed by atoms with Crippen LogP contribution in [-0.4, -0.2) is 26.8 Å². The molecule has 0 aromatic heterocycles. The average molecular weight is 328 g/mol. The van der Waals surface area contributed by atoms with Crippen LogP contribution in [0.2, 0.25) is 0 Å². The van der Waals surface area contributed by atoms with Crippen molar-refractivity contribution in [2.75, 3.05) is 31.7 Å². The van der Waals surface area contributed by atoms with E-state index >= 15 is 0 Å². The lowest BCUT2D eigenvalue weighted by molar-refractivity contribution is 0.276. The molecule has 0 radical (unpaired) electrons. The van der Waals surface area contributed by atoms with Crippen LogP contribution in [0.4, 0.5) is 5.69 Å². The summed E-state index contributed by atoms with van der Waals surface area (Å²) < 4.78 is 11.6. The first kappa shape index (κ1) is 18.1. The summed E-state index contributed by atoms with van der Waals surface area (Å²) in [7, 11) is 2.06. The number of nitrogens with zero attached hydrogens (tertiary/aromatic N) is 1. The lowest BCUT2D eigenvalue weighted by Crippen LogP contribution is -2.30. The van der Waals surface area contributed by atoms with E-state index in [1.54, 1.807) is 0 Å². The summed E-state index contributed by atoms with van der Waals surface area (Å²) in [5.41, 5.74) is 8.33. The van der Waals surface area contributed by atoms with Gasteiger partial charge in [0.25, 0.3) is 0 Å². The SMILES string of the molecule is CCCOc1ccc(C(CN)N(C)c2ccccc2)cc1OCC. The standard InChI is InChI=1S/C20H28N2O2/c1-4-13-24-19-12-11-16(14-20(19)23-5-2)18(15-21)22(3)17-9-7-6-8-10-17/h6-12,14,18H,4-5,13,15,21H2,1-3H3. The first-order valence-corrected chi connectivity index (χ1v) is 8.58. The van der Waals surface area contributed by atoms with Gasteiger partial charge in [-0.15, -0.1) is 0 Å². The summed E-state index contributed by atoms with van der Waals surface area (Å²) in [5.74, 6) is 1.57. The lowest BCUT2D eigenvalue weighted by Gasteiger charge is -2.30. The van der Waals surface area contributed by atoms with E-state index in [0.717, 1.165) is 29.2 Å². The van der Waals surface area contributed by atoms with Crippen LogP contribution in [0.5, 0.6) is 11.5 Å². The molecule has 4 nitrogen and oxygen atoms in total. The number of likely N-dealkylation sites (N-methyl/N-ethyl adjacent to an activating group) is 1. The summed E-state index contributed by atoms with van der Waals surface area (Å²) in [6.07, 6.45) is 0.968. The van der Waals surface area contributed by atoms with Crippen molar-refractivity contribution in [3.8, 4) is 11.5 Å². The van der Waals surface area contributed by atoms with Gasteiger partial charge in [-0.05, 0) is 43.2 Å². The molecule has 4 heteroatoms. The number of nitrogens with two attached hydrogens (primary N) is 1. The highest BCUT2D eigenvalue weighted by atomic mass is 16.5. The van der Waals surface area contributed by atoms with Gasteiger partial charge in [-0.3, -0.25) is 0 Å². The fourth-order valence-corrected chi connectivity index (χ4v) is 2.69. The van der Waals surface area contributed by atoms with Crippen molar-refractivity contribution >= 4 is 5.69 Å². The number of ether oxygens (including phenoxy) is 2. The van der Waals surface area contributed by atoms with Crippen molar-refractivity contribution in [3.05, 3.63) is 54.1 Å². The zero-order valence-electron chi connectivity index (χ0n) is 14.9. The third-order valence-electron chi connectivity index (χ3n) is 3.97. The molecular formula is C20H28N2O2. The van der Waals surface area contributed by atoms with Crippen molar-refractivity contribution in [2.24, 2.45) is 5.73 Å². The Kier molecular flexibility index (Phi) is 6.94. The Morgan fingerprint density at radius 2 is 1.75 bits per heavy atom. The Morgan fingerprint density at radius 1 is 1.00 bits per heavy atom. The third kappa shape index (κ3) is 4.42. The average Bonchev–Trinajstić information content (AvgIpc) is 2.62. The Labute approximate surface area is 145 Å². The van der Waals surface area contributed by atoms with E-state index in [0.29, 0.717) is 19.8 Å². The summed E-state index contributed by atoms with van der Waals surface area (Å²) in [6.45, 7) is 5.88. The topological polar surface area (TPSA) is 47.7 Å². The van der Waals surface area contributed by atoms with Crippen molar-refractivity contribution in [1.29, 1.82) is 0 Å². The number of hydrogen-bond donors (Lipinski definition) is 1. The summed E-state index contributed by atoms with van der Waals surface area (Å²) in [5, 5.41) is 0. The smallest absolute Gasteiger partial charge is 0.161 e. The van der Waals surface area contributed by atoms with Gasteiger partial charge in [-0.1, -0.05) is 31.2 Å². The molecule has 2 rings (SSSR count). The number of anilines is 1. The van der Waals surface area contributed by atoms with Crippen LogP contribution in [0, 0.1) is 0 Å². The fraction of sp³-hybridized carbons (Fsp3) is 0.400. The number of rotatable bonds is 9. The van der Waals surface area contributed by atoms with Gasteiger partial charge in [0.1, 0.15) is 0 Å². The van der Waals surface area contributed by atoms with E-state index in [1.165, 1.54) is 0 Å². The molecule has 2 aromatic carbocycles. The molecule has 0 fully saturated rings. The van der Waals surface area contributed by atoms with Crippen LogP contribution in [0.15, 0.2) is 48.5 Å². The summed E-state index contributed by atoms with van der Waals surface area (Å²) >= 11 is 0. The van der Waals surface area contributed by atoms with Crippen molar-refractivity contribution < 1.29 is 9.47 Å². The quantitative estimate of drug-likeness (QED) is 0.755. The van der Waals surface area contributed by atoms with E-state index < -0.39 is 0 Å². The van der Waals surface area contributed by atoms with Crippen LogP contribution in [-0.2, 0) is 0 Å². The predicted molar refractivity (Wildman–Crippen MR) is 100 cm³/mol. The fourth-order valence-electron chi connectivity index (χ4n) is 2.69. The van der Waals surface area contributed by atoms with Gasteiger partial charge >= 0.3 is 0 Å². The Bertz CT molecular complexity index is 616. The van der Waals surface area contributed by atoms with E-state index in [9.17, 15) is 0 Å². The maximum absolute atomic E-state index is 6.07. The monoisotopic (exact) mass is 328 g/mol. The van der Waals surface area contributed by atoms with Gasteiger partial charge < -0.3 is 20.1 Å². The molecule has 0 aliphatic carbocycles. The van der Waals surface area contributed by atoms with E-state index in [-0.39, 0.29) is 6.04 Å². The van der Waals surface area contributed by atoms with Gasteiger partial charge in [0.2, 0.25) is 0 Å². The van der Waals surface area contributed by atoms with Crippen LogP contribution in [0.25, 0.3) is 0 Å². The van der Waals surface area contributed by atoms with Gasteiger partial charge in [-0.25, -0.2) is 0 Å². The van der Waals surface area contributed by atoms with Crippen molar-refractivity contribution in [2.45, 2.75) is 26.3 Å². The van der Waals surface area contributed by atoms with Crippen LogP contribution >= 0.6 is 0 Å². The first-order valence-electron chi connectivity index (χ1n) is 8.58. The maximum Gasteiger partial charge on any atom is 0.161 e. The molecule has 0 spiro atoms. The molecule has 130 valence electrons. The van der Waals surface area contributed by atoms with Crippen molar-refractivity contribution in [3.63, 3.8) is 0 Å². The summed E-state index contributed by atoms with van der Waals surface area (Å²) in [4.78, 5) is 2.19. The zero-order valence-corrected chi connectivity index (χ0v) is 14.9. The molecule has 2 aromatic rings. The van der Waals surface area contributed by atoms with E-state index in [1.807, 2.05) is 37.3 Å². The molecule has 0 heterocycles. The first-order chi connectivity index (χ1) is 11.7. The second-order valence-electron chi connectivity index (χ2n) is 5.69. The Morgan fingerprint density at radius 3 is 2.38 bits per heavy atom. The Hall–Kier alpha value is -2.20. The molecule has 0 amide bonds. The van der Waals surface area contributed by atoms with Crippen LogP contribution in [0.3, 0.4) is 0 Å². The molecule has 24 heavy (non-hydrogen) atoms. The molecule has 0 aliphatic heterocycles. The van der Waals surface area contributed by atoms with Crippen LogP contribution < -0.4 is 20.1 Å². The Balaban J connectivity index is 2.29. The largest absolute Gasteiger partial charge is 0.490 e. The summed E-state index contributed by atoms with van der Waals surface area (Å²) in [6, 6.07) is 16.4. The van der Waals surface area contributed by atoms with Gasteiger partial charge in [-0.2, -0.15) is 0 Å². The number of para-hydroxylation sites is 1. The highest BCUT2D eigenvalue weighted by Crippen LogP contribution is 2.33. The molecule has 0 bridgehead atoms. The number of hydrogen-bond acceptors (Lipinski definition) is 4. The molecule has 0 saturated heterocycles. The molecular weight excluding hydrogens is 300 g/mol. The molecule has 0 aliphatic rings. The molecule has 1 unspecified atom stereocenters. The minimum Gasteiger partial charge on any atom is -0.490 e. The second kappa shape index (κ2) is 9.18. The predicted octanol–water partition coefficient (Wildman–Crippen LogP) is 4.01. The van der Waals surface area contributed by atoms with Gasteiger partial charge in [0, 0.05) is 19.3 Å². The maximum atomic E-state index is 6.07. The second-order valence-corrected chi connectivity index (χ2v) is 5.69. The van der Waals surface area contributed by atoms with Gasteiger partial charge in [0.15, 0.2) is 11.5 Å². The molecule has 0 saturated carbocycles. The highest BCUT2D eigenvalue weighted by molar-refractivity contribution is 5.50. The number of benzene rings is 2. The van der Waals surface area contributed by atoms with Crippen molar-refractivity contribution in [1.82, 2.24) is 0 Å². The van der Waals surface area contributed by atoms with Crippen LogP contribution in [0.1, 0.15) is 31.9 Å². The normalized spacial score (nSPS) is 11.8. The zero-order chi connectivity index (χ0) is 17.4. The van der Waals surface area contributed by atoms with E-state index in [2.05, 4.69) is 37.1 Å². The third-order valence-corrected chi connectivity index (χ3v) is 3.97. The molecule has 1 atom stereocenters. The van der Waals surface area contributed by atoms with Gasteiger partial charge in [0.05, 0.1) is 19.3 Å². The highest BCUT2D eigenvalue weighted by Gasteiger charge is 2.18.